The second-order valence-electron chi connectivity index (χ2n) is 4.91. The van der Waals surface area contributed by atoms with Gasteiger partial charge in [0.15, 0.2) is 4.96 Å². The molecular formula is C13H15N3O5S. The number of amides is 1. The third-order valence-corrected chi connectivity index (χ3v) is 4.14. The Balaban J connectivity index is 1.65. The first-order valence-corrected chi connectivity index (χ1v) is 7.65. The van der Waals surface area contributed by atoms with Gasteiger partial charge in [0.2, 0.25) is 0 Å². The standard InChI is InChI=1S/C13H15N3O5S/c17-11(18)7-21-10-6-20-3-1-8(10)14-12(19)9-5-16-2-4-22-13(16)15-9/h2,4-5,8,10H,1,3,6-7H2,(H,14,19)(H,17,18)/t8-,10-/m1/s1. The minimum atomic E-state index is -1.05. The number of carbonyl (C=O) groups excluding carboxylic acids is 1. The van der Waals surface area contributed by atoms with Crippen LogP contribution in [0.3, 0.4) is 0 Å². The molecule has 3 rings (SSSR count). The molecular weight excluding hydrogens is 310 g/mol. The fraction of sp³-hybridized carbons (Fsp3) is 0.462. The molecule has 2 aromatic heterocycles. The van der Waals surface area contributed by atoms with E-state index in [1.165, 1.54) is 11.3 Å². The fourth-order valence-electron chi connectivity index (χ4n) is 2.30. The highest BCUT2D eigenvalue weighted by molar-refractivity contribution is 7.15. The van der Waals surface area contributed by atoms with Crippen LogP contribution in [0.1, 0.15) is 16.9 Å². The summed E-state index contributed by atoms with van der Waals surface area (Å²) in [6.07, 6.45) is 3.58. The van der Waals surface area contributed by atoms with Crippen LogP contribution in [0.15, 0.2) is 17.8 Å². The van der Waals surface area contributed by atoms with Crippen molar-refractivity contribution < 1.29 is 24.2 Å². The number of aliphatic carboxylic acids is 1. The number of aromatic nitrogens is 2. The Morgan fingerprint density at radius 2 is 2.45 bits per heavy atom. The molecule has 9 heteroatoms. The Labute approximate surface area is 129 Å². The molecule has 0 aliphatic carbocycles. The van der Waals surface area contributed by atoms with Gasteiger partial charge in [-0.3, -0.25) is 9.20 Å². The van der Waals surface area contributed by atoms with Crippen molar-refractivity contribution in [3.8, 4) is 0 Å². The highest BCUT2D eigenvalue weighted by atomic mass is 32.1. The SMILES string of the molecule is O=C(O)CO[C@@H]1COCC[C@H]1NC(=O)c1cn2ccsc2n1. The molecule has 0 unspecified atom stereocenters. The number of nitrogens with zero attached hydrogens (tertiary/aromatic N) is 2. The molecule has 0 radical (unpaired) electrons. The Hall–Kier alpha value is -1.97. The second-order valence-corrected chi connectivity index (χ2v) is 5.78. The molecule has 1 aliphatic rings. The summed E-state index contributed by atoms with van der Waals surface area (Å²) in [4.78, 5) is 27.9. The van der Waals surface area contributed by atoms with Crippen LogP contribution in [-0.2, 0) is 14.3 Å². The van der Waals surface area contributed by atoms with Gasteiger partial charge in [-0.2, -0.15) is 0 Å². The first kappa shape index (κ1) is 14.9. The summed E-state index contributed by atoms with van der Waals surface area (Å²) >= 11 is 1.45. The summed E-state index contributed by atoms with van der Waals surface area (Å²) in [5.74, 6) is -1.35. The van der Waals surface area contributed by atoms with Crippen LogP contribution < -0.4 is 5.32 Å². The number of nitrogens with one attached hydrogen (secondary N) is 1. The number of ether oxygens (including phenoxy) is 2. The van der Waals surface area contributed by atoms with Crippen LogP contribution in [0.25, 0.3) is 4.96 Å². The van der Waals surface area contributed by atoms with Gasteiger partial charge in [-0.25, -0.2) is 9.78 Å². The predicted octanol–water partition coefficient (Wildman–Crippen LogP) is 0.384. The van der Waals surface area contributed by atoms with Gasteiger partial charge in [0.05, 0.1) is 12.6 Å². The lowest BCUT2D eigenvalue weighted by Crippen LogP contribution is -2.50. The van der Waals surface area contributed by atoms with Crippen LogP contribution in [-0.4, -0.2) is 58.3 Å². The molecule has 0 saturated carbocycles. The van der Waals surface area contributed by atoms with Crippen LogP contribution in [0, 0.1) is 0 Å². The average molecular weight is 325 g/mol. The Kier molecular flexibility index (Phi) is 4.36. The summed E-state index contributed by atoms with van der Waals surface area (Å²) in [5, 5.41) is 13.4. The highest BCUT2D eigenvalue weighted by Gasteiger charge is 2.29. The van der Waals surface area contributed by atoms with E-state index in [-0.39, 0.29) is 18.6 Å². The molecule has 1 fully saturated rings. The summed E-state index contributed by atoms with van der Waals surface area (Å²) < 4.78 is 12.3. The fourth-order valence-corrected chi connectivity index (χ4v) is 3.00. The van der Waals surface area contributed by atoms with Crippen molar-refractivity contribution in [3.63, 3.8) is 0 Å². The quantitative estimate of drug-likeness (QED) is 0.824. The van der Waals surface area contributed by atoms with E-state index >= 15 is 0 Å². The monoisotopic (exact) mass is 325 g/mol. The number of hydrogen-bond donors (Lipinski definition) is 2. The molecule has 22 heavy (non-hydrogen) atoms. The molecule has 2 aromatic rings. The Morgan fingerprint density at radius 1 is 1.59 bits per heavy atom. The molecule has 0 spiro atoms. The normalized spacial score (nSPS) is 21.8. The third-order valence-electron chi connectivity index (χ3n) is 3.37. The van der Waals surface area contributed by atoms with Crippen LogP contribution >= 0.6 is 11.3 Å². The van der Waals surface area contributed by atoms with Gasteiger partial charge in [0.1, 0.15) is 18.4 Å². The summed E-state index contributed by atoms with van der Waals surface area (Å²) in [6.45, 7) is 0.341. The zero-order valence-corrected chi connectivity index (χ0v) is 12.4. The van der Waals surface area contributed by atoms with E-state index in [2.05, 4.69) is 10.3 Å². The van der Waals surface area contributed by atoms with Crippen LogP contribution in [0.2, 0.25) is 0 Å². The smallest absolute Gasteiger partial charge is 0.329 e. The maximum absolute atomic E-state index is 12.3. The van der Waals surface area contributed by atoms with E-state index in [0.717, 1.165) is 4.96 Å². The maximum Gasteiger partial charge on any atom is 0.329 e. The van der Waals surface area contributed by atoms with E-state index in [1.54, 1.807) is 10.6 Å². The largest absolute Gasteiger partial charge is 0.480 e. The van der Waals surface area contributed by atoms with Crippen molar-refractivity contribution in [2.75, 3.05) is 19.8 Å². The van der Waals surface area contributed by atoms with E-state index < -0.39 is 18.7 Å². The molecule has 118 valence electrons. The first-order valence-electron chi connectivity index (χ1n) is 6.77. The van der Waals surface area contributed by atoms with Crippen molar-refractivity contribution in [2.45, 2.75) is 18.6 Å². The average Bonchev–Trinajstić information content (AvgIpc) is 3.07. The van der Waals surface area contributed by atoms with E-state index in [0.29, 0.717) is 18.7 Å². The lowest BCUT2D eigenvalue weighted by atomic mass is 10.1. The molecule has 1 aliphatic heterocycles. The van der Waals surface area contributed by atoms with Gasteiger partial charge >= 0.3 is 5.97 Å². The predicted molar refractivity (Wildman–Crippen MR) is 77.1 cm³/mol. The van der Waals surface area contributed by atoms with Crippen LogP contribution in [0.5, 0.6) is 0 Å². The zero-order valence-electron chi connectivity index (χ0n) is 11.6. The Morgan fingerprint density at radius 3 is 3.23 bits per heavy atom. The summed E-state index contributed by atoms with van der Waals surface area (Å²) in [5.41, 5.74) is 0.329. The van der Waals surface area contributed by atoms with E-state index in [4.69, 9.17) is 14.6 Å². The molecule has 0 bridgehead atoms. The van der Waals surface area contributed by atoms with Gasteiger partial charge in [-0.1, -0.05) is 0 Å². The molecule has 2 atom stereocenters. The first-order chi connectivity index (χ1) is 10.6. The van der Waals surface area contributed by atoms with E-state index in [1.807, 2.05) is 11.6 Å². The third kappa shape index (κ3) is 3.26. The number of imidazole rings is 1. The molecule has 1 saturated heterocycles. The second kappa shape index (κ2) is 6.42. The summed E-state index contributed by atoms with van der Waals surface area (Å²) in [7, 11) is 0. The molecule has 1 amide bonds. The lowest BCUT2D eigenvalue weighted by Gasteiger charge is -2.31. The number of hydrogen-bond acceptors (Lipinski definition) is 6. The highest BCUT2D eigenvalue weighted by Crippen LogP contribution is 2.14. The number of carbonyl (C=O) groups is 2. The van der Waals surface area contributed by atoms with Gasteiger partial charge in [-0.05, 0) is 6.42 Å². The summed E-state index contributed by atoms with van der Waals surface area (Å²) in [6, 6.07) is -0.291. The van der Waals surface area contributed by atoms with Crippen molar-refractivity contribution in [1.82, 2.24) is 14.7 Å². The van der Waals surface area contributed by atoms with Gasteiger partial charge < -0.3 is 19.9 Å². The van der Waals surface area contributed by atoms with Crippen molar-refractivity contribution in [1.29, 1.82) is 0 Å². The maximum atomic E-state index is 12.3. The number of rotatable bonds is 5. The minimum absolute atomic E-state index is 0.260. The zero-order chi connectivity index (χ0) is 15.5. The van der Waals surface area contributed by atoms with Gasteiger partial charge in [0, 0.05) is 24.4 Å². The van der Waals surface area contributed by atoms with E-state index in [9.17, 15) is 9.59 Å². The molecule has 0 aromatic carbocycles. The Bertz CT molecular complexity index is 654. The molecule has 3 heterocycles. The van der Waals surface area contributed by atoms with Gasteiger partial charge in [0.25, 0.3) is 5.91 Å². The van der Waals surface area contributed by atoms with Crippen LogP contribution in [0.4, 0.5) is 0 Å². The van der Waals surface area contributed by atoms with Crippen molar-refractivity contribution in [3.05, 3.63) is 23.5 Å². The molecule has 2 N–H and O–H groups in total. The number of thiazole rings is 1. The lowest BCUT2D eigenvalue weighted by molar-refractivity contribution is -0.148. The topological polar surface area (TPSA) is 102 Å². The number of fused-ring (bicyclic) bond motifs is 1. The molecule has 8 nitrogen and oxygen atoms in total. The number of carboxylic acid groups (broad SMARTS) is 1. The minimum Gasteiger partial charge on any atom is -0.480 e. The van der Waals surface area contributed by atoms with Crippen molar-refractivity contribution >= 4 is 28.2 Å². The van der Waals surface area contributed by atoms with Gasteiger partial charge in [-0.15, -0.1) is 11.3 Å². The van der Waals surface area contributed by atoms with Crippen molar-refractivity contribution in [2.24, 2.45) is 0 Å². The number of carboxylic acids is 1.